The summed E-state index contributed by atoms with van der Waals surface area (Å²) in [5.74, 6) is 0.855. The maximum Gasteiger partial charge on any atom is 0.170 e. The molecule has 0 saturated heterocycles. The van der Waals surface area contributed by atoms with Gasteiger partial charge in [0.05, 0.1) is 12.7 Å². The van der Waals surface area contributed by atoms with E-state index in [1.165, 1.54) is 6.42 Å². The molecule has 1 aliphatic rings. The minimum atomic E-state index is 0.0582. The lowest BCUT2D eigenvalue weighted by molar-refractivity contribution is 0.0694. The van der Waals surface area contributed by atoms with Crippen LogP contribution < -0.4 is 4.74 Å². The molecule has 104 valence electrons. The number of rotatable bonds is 3. The Labute approximate surface area is 120 Å². The predicted octanol–water partition coefficient (Wildman–Crippen LogP) is 4.75. The van der Waals surface area contributed by atoms with Gasteiger partial charge in [0.15, 0.2) is 5.78 Å². The van der Waals surface area contributed by atoms with Gasteiger partial charge in [-0.2, -0.15) is 0 Å². The van der Waals surface area contributed by atoms with Gasteiger partial charge in [0.1, 0.15) is 5.75 Å². The van der Waals surface area contributed by atoms with E-state index in [1.807, 2.05) is 0 Å². The quantitative estimate of drug-likeness (QED) is 0.747. The van der Waals surface area contributed by atoms with Crippen molar-refractivity contribution in [3.05, 3.63) is 28.8 Å². The number of carbonyl (C=O) groups is 1. The summed E-state index contributed by atoms with van der Waals surface area (Å²) >= 11 is 6.02. The Kier molecular flexibility index (Phi) is 4.19. The molecule has 1 aliphatic carbocycles. The Bertz CT molecular complexity index is 480. The number of ether oxygens (including phenoxy) is 1. The highest BCUT2D eigenvalue weighted by Crippen LogP contribution is 2.43. The van der Waals surface area contributed by atoms with Gasteiger partial charge in [-0.25, -0.2) is 0 Å². The molecule has 0 heterocycles. The summed E-state index contributed by atoms with van der Waals surface area (Å²) in [7, 11) is 1.59. The first-order valence-corrected chi connectivity index (χ1v) is 7.21. The minimum Gasteiger partial charge on any atom is -0.496 e. The van der Waals surface area contributed by atoms with Gasteiger partial charge >= 0.3 is 0 Å². The van der Waals surface area contributed by atoms with Gasteiger partial charge in [-0.05, 0) is 36.5 Å². The predicted molar refractivity (Wildman–Crippen MR) is 78.1 cm³/mol. The Balaban J connectivity index is 2.35. The van der Waals surface area contributed by atoms with E-state index in [0.717, 1.165) is 19.3 Å². The van der Waals surface area contributed by atoms with E-state index >= 15 is 0 Å². The van der Waals surface area contributed by atoms with Crippen LogP contribution in [-0.4, -0.2) is 12.9 Å². The highest BCUT2D eigenvalue weighted by molar-refractivity contribution is 6.31. The Morgan fingerprint density at radius 2 is 2.11 bits per heavy atom. The molecular formula is C16H21ClO2. The fourth-order valence-electron chi connectivity index (χ4n) is 3.04. The van der Waals surface area contributed by atoms with Crippen LogP contribution in [0.5, 0.6) is 5.75 Å². The number of carbonyl (C=O) groups excluding carboxylic acids is 1. The second-order valence-electron chi connectivity index (χ2n) is 6.00. The SMILES string of the molecule is COc1ccc(Cl)cc1C(=O)C1CCCCC1(C)C. The number of methoxy groups -OCH3 is 1. The molecule has 1 aromatic rings. The number of ketones is 1. The van der Waals surface area contributed by atoms with Crippen molar-refractivity contribution in [3.63, 3.8) is 0 Å². The minimum absolute atomic E-state index is 0.0582. The van der Waals surface area contributed by atoms with Crippen molar-refractivity contribution in [2.45, 2.75) is 39.5 Å². The third-order valence-electron chi connectivity index (χ3n) is 4.25. The molecular weight excluding hydrogens is 260 g/mol. The van der Waals surface area contributed by atoms with Crippen LogP contribution in [0.3, 0.4) is 0 Å². The fourth-order valence-corrected chi connectivity index (χ4v) is 3.21. The molecule has 0 N–H and O–H groups in total. The van der Waals surface area contributed by atoms with E-state index < -0.39 is 0 Å². The average molecular weight is 281 g/mol. The summed E-state index contributed by atoms with van der Waals surface area (Å²) in [6, 6.07) is 5.25. The molecule has 2 nitrogen and oxygen atoms in total. The number of benzene rings is 1. The highest BCUT2D eigenvalue weighted by atomic mass is 35.5. The van der Waals surface area contributed by atoms with Gasteiger partial charge < -0.3 is 4.74 Å². The number of Topliss-reactive ketones (excluding diaryl/α,β-unsaturated/α-hetero) is 1. The molecule has 2 rings (SSSR count). The molecule has 19 heavy (non-hydrogen) atoms. The first kappa shape index (κ1) is 14.4. The van der Waals surface area contributed by atoms with Gasteiger partial charge in [-0.3, -0.25) is 4.79 Å². The van der Waals surface area contributed by atoms with Crippen LogP contribution in [0.4, 0.5) is 0 Å². The lowest BCUT2D eigenvalue weighted by atomic mass is 9.66. The summed E-state index contributed by atoms with van der Waals surface area (Å²) in [6.07, 6.45) is 4.40. The number of hydrogen-bond donors (Lipinski definition) is 0. The van der Waals surface area contributed by atoms with Crippen LogP contribution >= 0.6 is 11.6 Å². The van der Waals surface area contributed by atoms with E-state index in [4.69, 9.17) is 16.3 Å². The lowest BCUT2D eigenvalue weighted by Crippen LogP contribution is -2.34. The maximum atomic E-state index is 12.8. The third-order valence-corrected chi connectivity index (χ3v) is 4.49. The zero-order valence-electron chi connectivity index (χ0n) is 11.8. The first-order chi connectivity index (χ1) is 8.95. The summed E-state index contributed by atoms with van der Waals surface area (Å²) in [5, 5.41) is 0.581. The van der Waals surface area contributed by atoms with Gasteiger partial charge in [0.25, 0.3) is 0 Å². The normalized spacial score (nSPS) is 22.0. The van der Waals surface area contributed by atoms with E-state index in [9.17, 15) is 4.79 Å². The molecule has 1 saturated carbocycles. The van der Waals surface area contributed by atoms with Crippen molar-refractivity contribution < 1.29 is 9.53 Å². The molecule has 0 bridgehead atoms. The van der Waals surface area contributed by atoms with Crippen LogP contribution in [0.15, 0.2) is 18.2 Å². The summed E-state index contributed by atoms with van der Waals surface area (Å²) in [4.78, 5) is 12.8. The topological polar surface area (TPSA) is 26.3 Å². The molecule has 0 spiro atoms. The van der Waals surface area contributed by atoms with Gasteiger partial charge in [0, 0.05) is 10.9 Å². The lowest BCUT2D eigenvalue weighted by Gasteiger charge is -2.37. The van der Waals surface area contributed by atoms with Crippen molar-refractivity contribution in [1.29, 1.82) is 0 Å². The number of halogens is 1. The van der Waals surface area contributed by atoms with Crippen molar-refractivity contribution in [1.82, 2.24) is 0 Å². The molecule has 1 aromatic carbocycles. The Hall–Kier alpha value is -1.02. The second-order valence-corrected chi connectivity index (χ2v) is 6.43. The molecule has 1 fully saturated rings. The van der Waals surface area contributed by atoms with Gasteiger partial charge in [0.2, 0.25) is 0 Å². The van der Waals surface area contributed by atoms with E-state index in [0.29, 0.717) is 16.3 Å². The Morgan fingerprint density at radius 3 is 2.74 bits per heavy atom. The average Bonchev–Trinajstić information content (AvgIpc) is 2.37. The highest BCUT2D eigenvalue weighted by Gasteiger charge is 2.38. The standard InChI is InChI=1S/C16H21ClO2/c1-16(2)9-5-4-6-13(16)15(18)12-10-11(17)7-8-14(12)19-3/h7-8,10,13H,4-6,9H2,1-3H3. The van der Waals surface area contributed by atoms with Crippen LogP contribution in [-0.2, 0) is 0 Å². The molecule has 0 aliphatic heterocycles. The van der Waals surface area contributed by atoms with E-state index in [1.54, 1.807) is 25.3 Å². The van der Waals surface area contributed by atoms with Crippen LogP contribution in [0.1, 0.15) is 49.9 Å². The second kappa shape index (κ2) is 5.54. The van der Waals surface area contributed by atoms with Crippen molar-refractivity contribution in [2.75, 3.05) is 7.11 Å². The van der Waals surface area contributed by atoms with E-state index in [2.05, 4.69) is 13.8 Å². The van der Waals surface area contributed by atoms with Crippen LogP contribution in [0.25, 0.3) is 0 Å². The zero-order chi connectivity index (χ0) is 14.0. The largest absolute Gasteiger partial charge is 0.496 e. The van der Waals surface area contributed by atoms with Crippen LogP contribution in [0, 0.1) is 11.3 Å². The smallest absolute Gasteiger partial charge is 0.170 e. The third kappa shape index (κ3) is 2.94. The summed E-state index contributed by atoms with van der Waals surface area (Å²) in [5.41, 5.74) is 0.679. The monoisotopic (exact) mass is 280 g/mol. The van der Waals surface area contributed by atoms with Crippen LogP contribution in [0.2, 0.25) is 5.02 Å². The maximum absolute atomic E-state index is 12.8. The summed E-state index contributed by atoms with van der Waals surface area (Å²) in [6.45, 7) is 4.37. The molecule has 3 heteroatoms. The molecule has 1 atom stereocenters. The first-order valence-electron chi connectivity index (χ1n) is 6.83. The van der Waals surface area contributed by atoms with Crippen molar-refractivity contribution >= 4 is 17.4 Å². The molecule has 1 unspecified atom stereocenters. The van der Waals surface area contributed by atoms with Crippen molar-refractivity contribution in [2.24, 2.45) is 11.3 Å². The van der Waals surface area contributed by atoms with Gasteiger partial charge in [-0.1, -0.05) is 38.3 Å². The van der Waals surface area contributed by atoms with Crippen molar-refractivity contribution in [3.8, 4) is 5.75 Å². The number of hydrogen-bond acceptors (Lipinski definition) is 2. The Morgan fingerprint density at radius 1 is 1.37 bits per heavy atom. The molecule has 0 aromatic heterocycles. The molecule has 0 radical (unpaired) electrons. The van der Waals surface area contributed by atoms with E-state index in [-0.39, 0.29) is 17.1 Å². The fraction of sp³-hybridized carbons (Fsp3) is 0.562. The van der Waals surface area contributed by atoms with Gasteiger partial charge in [-0.15, -0.1) is 0 Å². The summed E-state index contributed by atoms with van der Waals surface area (Å²) < 4.78 is 5.30. The molecule has 0 amide bonds. The zero-order valence-corrected chi connectivity index (χ0v) is 12.6.